The molecule has 0 spiro atoms. The van der Waals surface area contributed by atoms with Crippen molar-refractivity contribution in [2.24, 2.45) is 0 Å². The number of rotatable bonds is 4. The average Bonchev–Trinajstić information content (AvgIpc) is 2.35. The summed E-state index contributed by atoms with van der Waals surface area (Å²) in [5.41, 5.74) is 0. The second-order valence-corrected chi connectivity index (χ2v) is 5.04. The van der Waals surface area contributed by atoms with Crippen molar-refractivity contribution in [3.63, 3.8) is 0 Å². The highest BCUT2D eigenvalue weighted by Gasteiger charge is 2.27. The first-order chi connectivity index (χ1) is 8.06. The normalized spacial score (nSPS) is 18.5. The molecule has 1 rings (SSSR count). The zero-order valence-electron chi connectivity index (χ0n) is 10.6. The van der Waals surface area contributed by atoms with Gasteiger partial charge in [-0.1, -0.05) is 19.3 Å². The van der Waals surface area contributed by atoms with Gasteiger partial charge in [0, 0.05) is 25.8 Å². The molecule has 2 amide bonds. The van der Waals surface area contributed by atoms with Gasteiger partial charge in [-0.25, -0.2) is 0 Å². The fourth-order valence-corrected chi connectivity index (χ4v) is 2.57. The molecule has 0 radical (unpaired) electrons. The lowest BCUT2D eigenvalue weighted by Gasteiger charge is -2.33. The van der Waals surface area contributed by atoms with Gasteiger partial charge in [-0.15, -0.1) is 0 Å². The van der Waals surface area contributed by atoms with E-state index in [2.05, 4.69) is 17.9 Å². The van der Waals surface area contributed by atoms with E-state index in [1.54, 1.807) is 4.90 Å². The molecule has 0 bridgehead atoms. The van der Waals surface area contributed by atoms with Gasteiger partial charge >= 0.3 is 0 Å². The van der Waals surface area contributed by atoms with Crippen LogP contribution in [0.2, 0.25) is 0 Å². The molecule has 17 heavy (non-hydrogen) atoms. The van der Waals surface area contributed by atoms with Crippen LogP contribution in [0.3, 0.4) is 0 Å². The van der Waals surface area contributed by atoms with Crippen molar-refractivity contribution in [2.75, 3.05) is 12.8 Å². The fourth-order valence-electron chi connectivity index (χ4n) is 2.32. The van der Waals surface area contributed by atoms with Crippen LogP contribution in [-0.2, 0) is 9.59 Å². The minimum absolute atomic E-state index is 0.0258. The third kappa shape index (κ3) is 4.22. The van der Waals surface area contributed by atoms with Gasteiger partial charge in [0.25, 0.3) is 0 Å². The van der Waals surface area contributed by atoms with E-state index in [0.717, 1.165) is 12.8 Å². The summed E-state index contributed by atoms with van der Waals surface area (Å²) in [7, 11) is 1.83. The molecule has 1 aliphatic carbocycles. The van der Waals surface area contributed by atoms with Crippen molar-refractivity contribution in [1.29, 1.82) is 0 Å². The first kappa shape index (κ1) is 14.4. The van der Waals surface area contributed by atoms with Crippen LogP contribution in [0.4, 0.5) is 0 Å². The number of nitrogens with zero attached hydrogens (tertiary/aromatic N) is 1. The van der Waals surface area contributed by atoms with E-state index in [4.69, 9.17) is 0 Å². The summed E-state index contributed by atoms with van der Waals surface area (Å²) in [6, 6.07) is -0.171. The number of hydrogen-bond donors (Lipinski definition) is 2. The smallest absolute Gasteiger partial charge is 0.245 e. The molecule has 4 nitrogen and oxygen atoms in total. The molecule has 0 aromatic heterocycles. The number of nitrogens with one attached hydrogen (secondary N) is 1. The topological polar surface area (TPSA) is 49.4 Å². The van der Waals surface area contributed by atoms with E-state index >= 15 is 0 Å². The molecule has 1 aliphatic rings. The number of carbonyl (C=O) groups excluding carboxylic acids is 2. The maximum atomic E-state index is 12.2. The predicted octanol–water partition coefficient (Wildman–Crippen LogP) is 1.21. The van der Waals surface area contributed by atoms with Crippen LogP contribution in [0.25, 0.3) is 0 Å². The van der Waals surface area contributed by atoms with Gasteiger partial charge in [0.2, 0.25) is 11.8 Å². The lowest BCUT2D eigenvalue weighted by molar-refractivity contribution is -0.136. The van der Waals surface area contributed by atoms with Gasteiger partial charge in [-0.2, -0.15) is 12.6 Å². The SMILES string of the molecule is CC(=O)NC(CS)C(=O)N(C)C1CCCCC1. The van der Waals surface area contributed by atoms with Gasteiger partial charge in [0.15, 0.2) is 0 Å². The molecule has 0 heterocycles. The maximum Gasteiger partial charge on any atom is 0.245 e. The van der Waals surface area contributed by atoms with Crippen LogP contribution in [0.15, 0.2) is 0 Å². The number of hydrogen-bond acceptors (Lipinski definition) is 3. The van der Waals surface area contributed by atoms with Gasteiger partial charge in [0.1, 0.15) is 6.04 Å². The largest absolute Gasteiger partial charge is 0.344 e. The van der Waals surface area contributed by atoms with Crippen LogP contribution in [0.1, 0.15) is 39.0 Å². The first-order valence-electron chi connectivity index (χ1n) is 6.21. The molecule has 0 aromatic carbocycles. The van der Waals surface area contributed by atoms with Crippen LogP contribution >= 0.6 is 12.6 Å². The van der Waals surface area contributed by atoms with Crippen LogP contribution in [0, 0.1) is 0 Å². The number of amides is 2. The molecular formula is C12H22N2O2S. The highest BCUT2D eigenvalue weighted by Crippen LogP contribution is 2.22. The Kier molecular flexibility index (Phi) is 5.82. The van der Waals surface area contributed by atoms with Crippen LogP contribution < -0.4 is 5.32 Å². The Morgan fingerprint density at radius 3 is 2.41 bits per heavy atom. The third-order valence-corrected chi connectivity index (χ3v) is 3.69. The number of thiol groups is 1. The molecule has 1 atom stereocenters. The maximum absolute atomic E-state index is 12.2. The first-order valence-corrected chi connectivity index (χ1v) is 6.84. The highest BCUT2D eigenvalue weighted by molar-refractivity contribution is 7.80. The molecule has 1 saturated carbocycles. The Morgan fingerprint density at radius 2 is 1.94 bits per heavy atom. The Balaban J connectivity index is 2.56. The highest BCUT2D eigenvalue weighted by atomic mass is 32.1. The Hall–Kier alpha value is -0.710. The zero-order chi connectivity index (χ0) is 12.8. The second kappa shape index (κ2) is 6.89. The van der Waals surface area contributed by atoms with E-state index in [0.29, 0.717) is 11.8 Å². The minimum atomic E-state index is -0.497. The second-order valence-electron chi connectivity index (χ2n) is 4.68. The van der Waals surface area contributed by atoms with E-state index < -0.39 is 6.04 Å². The Morgan fingerprint density at radius 1 is 1.35 bits per heavy atom. The lowest BCUT2D eigenvalue weighted by Crippen LogP contribution is -2.51. The standard InChI is InChI=1S/C12H22N2O2S/c1-9(15)13-11(8-17)12(16)14(2)10-6-4-3-5-7-10/h10-11,17H,3-8H2,1-2H3,(H,13,15). The summed E-state index contributed by atoms with van der Waals surface area (Å²) in [6.07, 6.45) is 5.78. The molecule has 1 unspecified atom stereocenters. The molecule has 0 saturated heterocycles. The molecule has 5 heteroatoms. The van der Waals surface area contributed by atoms with Crippen LogP contribution in [-0.4, -0.2) is 41.6 Å². The van der Waals surface area contributed by atoms with Crippen molar-refractivity contribution in [3.8, 4) is 0 Å². The molecular weight excluding hydrogens is 236 g/mol. The predicted molar refractivity (Wildman–Crippen MR) is 71.1 cm³/mol. The zero-order valence-corrected chi connectivity index (χ0v) is 11.5. The van der Waals surface area contributed by atoms with Gasteiger partial charge in [-0.3, -0.25) is 9.59 Å². The van der Waals surface area contributed by atoms with Crippen molar-refractivity contribution in [3.05, 3.63) is 0 Å². The van der Waals surface area contributed by atoms with E-state index in [9.17, 15) is 9.59 Å². The number of likely N-dealkylation sites (N-methyl/N-ethyl adjacent to an activating group) is 1. The Labute approximate surface area is 109 Å². The van der Waals surface area contributed by atoms with Crippen molar-refractivity contribution < 1.29 is 9.59 Å². The summed E-state index contributed by atoms with van der Waals surface area (Å²) in [6.45, 7) is 1.42. The lowest BCUT2D eigenvalue weighted by atomic mass is 9.94. The van der Waals surface area contributed by atoms with Crippen LogP contribution in [0.5, 0.6) is 0 Å². The van der Waals surface area contributed by atoms with Crippen molar-refractivity contribution in [2.45, 2.75) is 51.1 Å². The van der Waals surface area contributed by atoms with E-state index in [1.165, 1.54) is 26.2 Å². The minimum Gasteiger partial charge on any atom is -0.344 e. The summed E-state index contributed by atoms with van der Waals surface area (Å²) in [5.74, 6) is 0.131. The molecule has 1 N–H and O–H groups in total. The quantitative estimate of drug-likeness (QED) is 0.745. The fraction of sp³-hybridized carbons (Fsp3) is 0.833. The van der Waals surface area contributed by atoms with Crippen molar-refractivity contribution in [1.82, 2.24) is 10.2 Å². The van der Waals surface area contributed by atoms with E-state index in [1.807, 2.05) is 7.05 Å². The van der Waals surface area contributed by atoms with Gasteiger partial charge < -0.3 is 10.2 Å². The van der Waals surface area contributed by atoms with Gasteiger partial charge in [-0.05, 0) is 12.8 Å². The average molecular weight is 258 g/mol. The summed E-state index contributed by atoms with van der Waals surface area (Å²) in [4.78, 5) is 25.0. The van der Waals surface area contributed by atoms with Crippen molar-refractivity contribution >= 4 is 24.4 Å². The molecule has 0 aromatic rings. The number of carbonyl (C=O) groups is 2. The summed E-state index contributed by atoms with van der Waals surface area (Å²) in [5, 5.41) is 2.64. The third-order valence-electron chi connectivity index (χ3n) is 3.33. The molecule has 98 valence electrons. The Bertz CT molecular complexity index is 278. The molecule has 1 fully saturated rings. The monoisotopic (exact) mass is 258 g/mol. The van der Waals surface area contributed by atoms with Gasteiger partial charge in [0.05, 0.1) is 0 Å². The molecule has 0 aliphatic heterocycles. The summed E-state index contributed by atoms with van der Waals surface area (Å²) < 4.78 is 0. The summed E-state index contributed by atoms with van der Waals surface area (Å²) >= 11 is 4.13. The van der Waals surface area contributed by atoms with E-state index in [-0.39, 0.29) is 11.8 Å².